The molecular weight excluding hydrogens is 268 g/mol. The van der Waals surface area contributed by atoms with Gasteiger partial charge >= 0.3 is 0 Å². The maximum atomic E-state index is 5.39. The zero-order valence-electron chi connectivity index (χ0n) is 11.5. The first-order chi connectivity index (χ1) is 10.2. The Bertz CT molecular complexity index is 918. The van der Waals surface area contributed by atoms with E-state index in [0.29, 0.717) is 11.6 Å². The molecule has 0 amide bonds. The summed E-state index contributed by atoms with van der Waals surface area (Å²) in [5.74, 6) is 0.497. The van der Waals surface area contributed by atoms with Crippen molar-refractivity contribution in [2.45, 2.75) is 6.92 Å². The van der Waals surface area contributed by atoms with Gasteiger partial charge in [-0.15, -0.1) is 0 Å². The molecule has 21 heavy (non-hydrogen) atoms. The predicted octanol–water partition coefficient (Wildman–Crippen LogP) is 2.32. The van der Waals surface area contributed by atoms with E-state index in [2.05, 4.69) is 25.3 Å². The highest BCUT2D eigenvalue weighted by molar-refractivity contribution is 5.95. The number of rotatable bonds is 2. The minimum absolute atomic E-state index is 0.497. The number of aromatic amines is 1. The maximum Gasteiger partial charge on any atom is 0.247 e. The Hall–Kier alpha value is -2.96. The lowest BCUT2D eigenvalue weighted by molar-refractivity contribution is 0.570. The smallest absolute Gasteiger partial charge is 0.247 e. The molecule has 0 unspecified atom stereocenters. The van der Waals surface area contributed by atoms with E-state index in [-0.39, 0.29) is 0 Å². The summed E-state index contributed by atoms with van der Waals surface area (Å²) in [6.07, 6.45) is 6.86. The molecule has 0 fully saturated rings. The second-order valence-electron chi connectivity index (χ2n) is 4.85. The first-order valence-electron chi connectivity index (χ1n) is 6.47. The first-order valence-corrected chi connectivity index (χ1v) is 6.47. The lowest BCUT2D eigenvalue weighted by Gasteiger charge is -2.03. The van der Waals surface area contributed by atoms with Crippen LogP contribution in [0.25, 0.3) is 33.7 Å². The molecule has 1 N–H and O–H groups in total. The normalized spacial score (nSPS) is 11.3. The van der Waals surface area contributed by atoms with E-state index >= 15 is 0 Å². The van der Waals surface area contributed by atoms with Gasteiger partial charge in [-0.05, 0) is 13.0 Å². The summed E-state index contributed by atoms with van der Waals surface area (Å²) in [6, 6.07) is 2.02. The van der Waals surface area contributed by atoms with Crippen LogP contribution in [0, 0.1) is 6.92 Å². The van der Waals surface area contributed by atoms with Crippen LogP contribution in [0.1, 0.15) is 5.69 Å². The van der Waals surface area contributed by atoms with Crippen molar-refractivity contribution in [1.82, 2.24) is 29.9 Å². The van der Waals surface area contributed by atoms with Crippen LogP contribution in [0.3, 0.4) is 0 Å². The van der Waals surface area contributed by atoms with Crippen molar-refractivity contribution < 1.29 is 4.42 Å². The molecule has 0 atom stereocenters. The van der Waals surface area contributed by atoms with Crippen LogP contribution >= 0.6 is 0 Å². The number of aromatic nitrogens is 6. The number of nitrogens with zero attached hydrogens (tertiary/aromatic N) is 5. The fraction of sp³-hybridized carbons (Fsp3) is 0.143. The van der Waals surface area contributed by atoms with Gasteiger partial charge < -0.3 is 4.42 Å². The predicted molar refractivity (Wildman–Crippen MR) is 76.3 cm³/mol. The number of H-pyrrole nitrogens is 1. The van der Waals surface area contributed by atoms with Gasteiger partial charge in [0.1, 0.15) is 6.26 Å². The zero-order chi connectivity index (χ0) is 14.4. The van der Waals surface area contributed by atoms with E-state index in [1.54, 1.807) is 23.3 Å². The highest BCUT2D eigenvalue weighted by atomic mass is 16.3. The van der Waals surface area contributed by atoms with Gasteiger partial charge in [-0.1, -0.05) is 0 Å². The van der Waals surface area contributed by atoms with Crippen molar-refractivity contribution in [3.05, 3.63) is 36.6 Å². The van der Waals surface area contributed by atoms with Gasteiger partial charge in [0.2, 0.25) is 5.89 Å². The number of oxazole rings is 1. The summed E-state index contributed by atoms with van der Waals surface area (Å²) < 4.78 is 7.14. The SMILES string of the molecule is Cc1cc(-c2cn(C)nc2-c2ncco2)c2cn[nH]c2n1. The lowest BCUT2D eigenvalue weighted by Crippen LogP contribution is -1.88. The van der Waals surface area contributed by atoms with Crippen LogP contribution in [-0.2, 0) is 7.05 Å². The molecule has 0 aliphatic heterocycles. The zero-order valence-corrected chi connectivity index (χ0v) is 11.5. The van der Waals surface area contributed by atoms with E-state index in [1.807, 2.05) is 26.2 Å². The Kier molecular flexibility index (Phi) is 2.41. The van der Waals surface area contributed by atoms with Gasteiger partial charge in [-0.3, -0.25) is 9.78 Å². The van der Waals surface area contributed by atoms with Crippen LogP contribution in [-0.4, -0.2) is 29.9 Å². The third kappa shape index (κ3) is 1.82. The molecule has 7 heteroatoms. The average Bonchev–Trinajstić information content (AvgIpc) is 3.16. The van der Waals surface area contributed by atoms with Gasteiger partial charge in [0, 0.05) is 35.5 Å². The van der Waals surface area contributed by atoms with Crippen LogP contribution in [0.2, 0.25) is 0 Å². The summed E-state index contributed by atoms with van der Waals surface area (Å²) in [5, 5.41) is 12.4. The summed E-state index contributed by atoms with van der Waals surface area (Å²) >= 11 is 0. The van der Waals surface area contributed by atoms with Crippen LogP contribution in [0.4, 0.5) is 0 Å². The number of nitrogens with one attached hydrogen (secondary N) is 1. The molecule has 0 aromatic carbocycles. The van der Waals surface area contributed by atoms with Crippen molar-refractivity contribution in [3.63, 3.8) is 0 Å². The van der Waals surface area contributed by atoms with Gasteiger partial charge in [-0.25, -0.2) is 9.97 Å². The van der Waals surface area contributed by atoms with Gasteiger partial charge in [0.05, 0.1) is 12.4 Å². The number of pyridine rings is 1. The molecule has 0 saturated heterocycles. The Morgan fingerprint density at radius 3 is 3.00 bits per heavy atom. The quantitative estimate of drug-likeness (QED) is 0.609. The molecule has 0 bridgehead atoms. The van der Waals surface area contributed by atoms with Crippen molar-refractivity contribution in [3.8, 4) is 22.7 Å². The highest BCUT2D eigenvalue weighted by Crippen LogP contribution is 2.34. The molecule has 0 aliphatic rings. The Balaban J connectivity index is 2.03. The van der Waals surface area contributed by atoms with E-state index in [0.717, 1.165) is 27.9 Å². The number of hydrogen-bond acceptors (Lipinski definition) is 5. The first kappa shape index (κ1) is 11.8. The molecule has 0 aliphatic carbocycles. The van der Waals surface area contributed by atoms with Crippen LogP contribution in [0.15, 0.2) is 35.3 Å². The van der Waals surface area contributed by atoms with Gasteiger partial charge in [0.15, 0.2) is 11.3 Å². The molecule has 4 aromatic rings. The third-order valence-electron chi connectivity index (χ3n) is 3.30. The minimum atomic E-state index is 0.497. The van der Waals surface area contributed by atoms with E-state index in [4.69, 9.17) is 4.42 Å². The van der Waals surface area contributed by atoms with Crippen molar-refractivity contribution in [2.24, 2.45) is 7.05 Å². The second-order valence-corrected chi connectivity index (χ2v) is 4.85. The Labute approximate surface area is 119 Å². The van der Waals surface area contributed by atoms with E-state index in [1.165, 1.54) is 0 Å². The highest BCUT2D eigenvalue weighted by Gasteiger charge is 2.18. The van der Waals surface area contributed by atoms with Crippen LogP contribution < -0.4 is 0 Å². The fourth-order valence-electron chi connectivity index (χ4n) is 2.46. The van der Waals surface area contributed by atoms with Crippen molar-refractivity contribution in [1.29, 1.82) is 0 Å². The molecule has 0 saturated carbocycles. The average molecular weight is 280 g/mol. The lowest BCUT2D eigenvalue weighted by atomic mass is 10.0. The molecule has 4 heterocycles. The number of fused-ring (bicyclic) bond motifs is 1. The minimum Gasteiger partial charge on any atom is -0.443 e. The second kappa shape index (κ2) is 4.27. The molecule has 7 nitrogen and oxygen atoms in total. The standard InChI is InChI=1S/C14H12N6O/c1-8-5-9(10-6-16-18-13(10)17-8)11-7-20(2)19-12(11)14-15-3-4-21-14/h3-7H,1-2H3,(H,16,17,18). The molecular formula is C14H12N6O. The van der Waals surface area contributed by atoms with Crippen molar-refractivity contribution in [2.75, 3.05) is 0 Å². The number of hydrogen-bond donors (Lipinski definition) is 1. The van der Waals surface area contributed by atoms with E-state index < -0.39 is 0 Å². The summed E-state index contributed by atoms with van der Waals surface area (Å²) in [5.41, 5.74) is 4.32. The third-order valence-corrected chi connectivity index (χ3v) is 3.30. The van der Waals surface area contributed by atoms with E-state index in [9.17, 15) is 0 Å². The van der Waals surface area contributed by atoms with Crippen LogP contribution in [0.5, 0.6) is 0 Å². The van der Waals surface area contributed by atoms with Gasteiger partial charge in [0.25, 0.3) is 0 Å². The molecule has 104 valence electrons. The molecule has 0 radical (unpaired) electrons. The monoisotopic (exact) mass is 280 g/mol. The maximum absolute atomic E-state index is 5.39. The van der Waals surface area contributed by atoms with Crippen molar-refractivity contribution >= 4 is 11.0 Å². The Morgan fingerprint density at radius 1 is 1.29 bits per heavy atom. The molecule has 4 aromatic heterocycles. The number of aryl methyl sites for hydroxylation is 2. The largest absolute Gasteiger partial charge is 0.443 e. The summed E-state index contributed by atoms with van der Waals surface area (Å²) in [6.45, 7) is 1.95. The topological polar surface area (TPSA) is 85.4 Å². The Morgan fingerprint density at radius 2 is 2.19 bits per heavy atom. The summed E-state index contributed by atoms with van der Waals surface area (Å²) in [7, 11) is 1.87. The summed E-state index contributed by atoms with van der Waals surface area (Å²) in [4.78, 5) is 8.63. The fourth-order valence-corrected chi connectivity index (χ4v) is 2.46. The van der Waals surface area contributed by atoms with Gasteiger partial charge in [-0.2, -0.15) is 10.2 Å². The molecule has 0 spiro atoms. The molecule has 4 rings (SSSR count).